The van der Waals surface area contributed by atoms with Crippen LogP contribution in [0.25, 0.3) is 0 Å². The van der Waals surface area contributed by atoms with Gasteiger partial charge in [0.05, 0.1) is 11.0 Å². The molecule has 0 N–H and O–H groups in total. The smallest absolute Gasteiger partial charge is 0.314 e. The van der Waals surface area contributed by atoms with E-state index in [1.807, 2.05) is 20.8 Å². The van der Waals surface area contributed by atoms with Crippen LogP contribution in [0, 0.1) is 10.1 Å². The Morgan fingerprint density at radius 1 is 1.33 bits per heavy atom. The van der Waals surface area contributed by atoms with Gasteiger partial charge in [0.2, 0.25) is 5.75 Å². The topological polar surface area (TPSA) is 61.6 Å². The second-order valence-electron chi connectivity index (χ2n) is 5.39. The van der Waals surface area contributed by atoms with Crippen molar-refractivity contribution in [3.8, 4) is 11.5 Å². The van der Waals surface area contributed by atoms with Gasteiger partial charge in [-0.05, 0) is 39.7 Å². The van der Waals surface area contributed by atoms with E-state index in [4.69, 9.17) is 9.47 Å². The number of nitro benzene ring substituents is 1. The van der Waals surface area contributed by atoms with Crippen molar-refractivity contribution in [1.29, 1.82) is 0 Å². The third-order valence-electron chi connectivity index (χ3n) is 2.38. The quantitative estimate of drug-likeness (QED) is 0.608. The summed E-state index contributed by atoms with van der Waals surface area (Å²) in [6, 6.07) is 4.75. The third kappa shape index (κ3) is 3.12. The van der Waals surface area contributed by atoms with Crippen molar-refractivity contribution in [1.82, 2.24) is 0 Å². The van der Waals surface area contributed by atoms with E-state index in [1.54, 1.807) is 12.1 Å². The van der Waals surface area contributed by atoms with Crippen LogP contribution in [0.3, 0.4) is 0 Å². The average Bonchev–Trinajstić information content (AvgIpc) is 3.01. The molecule has 0 spiro atoms. The minimum atomic E-state index is -0.437. The molecule has 0 atom stereocenters. The lowest BCUT2D eigenvalue weighted by molar-refractivity contribution is -0.386. The maximum Gasteiger partial charge on any atom is 0.314 e. The Bertz CT molecular complexity index is 461. The standard InChI is InChI=1S/C13H17NO4/c1-13(2,3)18-11-6-4-5-10(14(15)16)12(11)17-9-7-8-9/h4-6,9H,7-8H2,1-3H3. The van der Waals surface area contributed by atoms with Crippen LogP contribution in [0.15, 0.2) is 18.2 Å². The number of hydrogen-bond donors (Lipinski definition) is 0. The van der Waals surface area contributed by atoms with Crippen LogP contribution in [0.1, 0.15) is 33.6 Å². The van der Waals surface area contributed by atoms with Crippen LogP contribution in [-0.2, 0) is 0 Å². The maximum atomic E-state index is 11.0. The first-order valence-electron chi connectivity index (χ1n) is 6.00. The maximum absolute atomic E-state index is 11.0. The van der Waals surface area contributed by atoms with Gasteiger partial charge < -0.3 is 9.47 Å². The van der Waals surface area contributed by atoms with Gasteiger partial charge in [-0.2, -0.15) is 0 Å². The van der Waals surface area contributed by atoms with Crippen molar-refractivity contribution < 1.29 is 14.4 Å². The zero-order chi connectivity index (χ0) is 13.3. The second-order valence-corrected chi connectivity index (χ2v) is 5.39. The minimum absolute atomic E-state index is 0.0383. The molecular formula is C13H17NO4. The van der Waals surface area contributed by atoms with E-state index in [1.165, 1.54) is 6.07 Å². The Morgan fingerprint density at radius 2 is 2.00 bits per heavy atom. The molecule has 0 aliphatic heterocycles. The molecular weight excluding hydrogens is 234 g/mol. The van der Waals surface area contributed by atoms with E-state index in [2.05, 4.69) is 0 Å². The summed E-state index contributed by atoms with van der Waals surface area (Å²) in [5.74, 6) is 0.684. The summed E-state index contributed by atoms with van der Waals surface area (Å²) < 4.78 is 11.4. The molecule has 1 aliphatic rings. The zero-order valence-corrected chi connectivity index (χ0v) is 10.8. The Labute approximate surface area is 106 Å². The van der Waals surface area contributed by atoms with Crippen LogP contribution >= 0.6 is 0 Å². The number of ether oxygens (including phenoxy) is 2. The van der Waals surface area contributed by atoms with E-state index < -0.39 is 10.5 Å². The number of nitrogens with zero attached hydrogens (tertiary/aromatic N) is 1. The average molecular weight is 251 g/mol. The molecule has 1 aliphatic carbocycles. The molecule has 98 valence electrons. The van der Waals surface area contributed by atoms with Crippen molar-refractivity contribution in [2.75, 3.05) is 0 Å². The fourth-order valence-electron chi connectivity index (χ4n) is 1.53. The summed E-state index contributed by atoms with van der Waals surface area (Å²) in [5, 5.41) is 11.0. The highest BCUT2D eigenvalue weighted by molar-refractivity contribution is 5.56. The molecule has 0 heterocycles. The third-order valence-corrected chi connectivity index (χ3v) is 2.38. The van der Waals surface area contributed by atoms with Gasteiger partial charge in [0.1, 0.15) is 5.60 Å². The van der Waals surface area contributed by atoms with E-state index in [9.17, 15) is 10.1 Å². The SMILES string of the molecule is CC(C)(C)Oc1cccc([N+](=O)[O-])c1OC1CC1. The lowest BCUT2D eigenvalue weighted by Crippen LogP contribution is -2.23. The van der Waals surface area contributed by atoms with E-state index >= 15 is 0 Å². The Balaban J connectivity index is 2.36. The first-order chi connectivity index (χ1) is 8.37. The molecule has 5 heteroatoms. The Hall–Kier alpha value is -1.78. The molecule has 0 unspecified atom stereocenters. The molecule has 5 nitrogen and oxygen atoms in total. The highest BCUT2D eigenvalue weighted by atomic mass is 16.6. The predicted octanol–water partition coefficient (Wildman–Crippen LogP) is 3.31. The molecule has 18 heavy (non-hydrogen) atoms. The molecule has 0 bridgehead atoms. The zero-order valence-electron chi connectivity index (χ0n) is 10.8. The van der Waals surface area contributed by atoms with Crippen LogP contribution in [0.5, 0.6) is 11.5 Å². The van der Waals surface area contributed by atoms with E-state index in [-0.39, 0.29) is 17.5 Å². The van der Waals surface area contributed by atoms with Crippen LogP contribution < -0.4 is 9.47 Å². The van der Waals surface area contributed by atoms with Crippen molar-refractivity contribution in [3.63, 3.8) is 0 Å². The molecule has 0 radical (unpaired) electrons. The van der Waals surface area contributed by atoms with Gasteiger partial charge in [-0.15, -0.1) is 0 Å². The van der Waals surface area contributed by atoms with Gasteiger partial charge in [0.25, 0.3) is 0 Å². The van der Waals surface area contributed by atoms with Crippen molar-refractivity contribution in [2.45, 2.75) is 45.3 Å². The summed E-state index contributed by atoms with van der Waals surface area (Å²) in [7, 11) is 0. The molecule has 0 aromatic heterocycles. The lowest BCUT2D eigenvalue weighted by atomic mass is 10.2. The fraction of sp³-hybridized carbons (Fsp3) is 0.538. The summed E-state index contributed by atoms with van der Waals surface area (Å²) in [4.78, 5) is 10.6. The van der Waals surface area contributed by atoms with Gasteiger partial charge in [-0.1, -0.05) is 6.07 Å². The largest absolute Gasteiger partial charge is 0.484 e. The van der Waals surface area contributed by atoms with Gasteiger partial charge in [-0.3, -0.25) is 10.1 Å². The molecule has 0 saturated heterocycles. The van der Waals surface area contributed by atoms with Crippen molar-refractivity contribution >= 4 is 5.69 Å². The van der Waals surface area contributed by atoms with E-state index in [0.29, 0.717) is 5.75 Å². The summed E-state index contributed by atoms with van der Waals surface area (Å²) in [6.07, 6.45) is 1.98. The minimum Gasteiger partial charge on any atom is -0.484 e. The molecule has 1 fully saturated rings. The molecule has 1 aromatic carbocycles. The van der Waals surface area contributed by atoms with Crippen molar-refractivity contribution in [2.24, 2.45) is 0 Å². The molecule has 0 amide bonds. The first kappa shape index (κ1) is 12.7. The number of benzene rings is 1. The van der Waals surface area contributed by atoms with E-state index in [0.717, 1.165) is 12.8 Å². The van der Waals surface area contributed by atoms with Crippen LogP contribution in [0.2, 0.25) is 0 Å². The monoisotopic (exact) mass is 251 g/mol. The number of nitro groups is 1. The molecule has 2 rings (SSSR count). The van der Waals surface area contributed by atoms with Crippen molar-refractivity contribution in [3.05, 3.63) is 28.3 Å². The van der Waals surface area contributed by atoms with Gasteiger partial charge in [-0.25, -0.2) is 0 Å². The summed E-state index contributed by atoms with van der Waals surface area (Å²) >= 11 is 0. The highest BCUT2D eigenvalue weighted by Gasteiger charge is 2.30. The Morgan fingerprint density at radius 3 is 2.50 bits per heavy atom. The predicted molar refractivity (Wildman–Crippen MR) is 67.1 cm³/mol. The Kier molecular flexibility index (Phi) is 3.15. The van der Waals surface area contributed by atoms with Gasteiger partial charge in [0, 0.05) is 6.07 Å². The number of rotatable bonds is 4. The highest BCUT2D eigenvalue weighted by Crippen LogP contribution is 2.41. The van der Waals surface area contributed by atoms with Crippen LogP contribution in [0.4, 0.5) is 5.69 Å². The number of hydrogen-bond acceptors (Lipinski definition) is 4. The number of para-hydroxylation sites is 1. The first-order valence-corrected chi connectivity index (χ1v) is 6.00. The van der Waals surface area contributed by atoms with Gasteiger partial charge in [0.15, 0.2) is 5.75 Å². The van der Waals surface area contributed by atoms with Gasteiger partial charge >= 0.3 is 5.69 Å². The second kappa shape index (κ2) is 4.48. The summed E-state index contributed by atoms with van der Waals surface area (Å²) in [5.41, 5.74) is -0.458. The summed E-state index contributed by atoms with van der Waals surface area (Å²) in [6.45, 7) is 5.69. The normalized spacial score (nSPS) is 15.3. The fourth-order valence-corrected chi connectivity index (χ4v) is 1.53. The molecule has 1 aromatic rings. The molecule has 1 saturated carbocycles. The lowest BCUT2D eigenvalue weighted by Gasteiger charge is -2.22. The van der Waals surface area contributed by atoms with Crippen LogP contribution in [-0.4, -0.2) is 16.6 Å².